The normalized spacial score (nSPS) is 17.5. The monoisotopic (exact) mass is 441 g/mol. The number of carbonyl (C=O) groups is 1. The van der Waals surface area contributed by atoms with Crippen molar-refractivity contribution in [2.75, 3.05) is 12.4 Å². The SMILES string of the molecule is C=C1Nc2c(Cl)cc3cc(C(=O)N(C)Cc4ccsc4)oc3c2C2(CCCCC2)N1. The van der Waals surface area contributed by atoms with Crippen LogP contribution in [-0.4, -0.2) is 17.9 Å². The Hall–Kier alpha value is -2.44. The van der Waals surface area contributed by atoms with E-state index in [-0.39, 0.29) is 11.4 Å². The topological polar surface area (TPSA) is 57.5 Å². The third-order valence-corrected chi connectivity index (χ3v) is 7.20. The summed E-state index contributed by atoms with van der Waals surface area (Å²) in [6.07, 6.45) is 5.45. The van der Waals surface area contributed by atoms with E-state index in [9.17, 15) is 4.79 Å². The summed E-state index contributed by atoms with van der Waals surface area (Å²) >= 11 is 8.29. The lowest BCUT2D eigenvalue weighted by Crippen LogP contribution is -2.48. The van der Waals surface area contributed by atoms with Crippen LogP contribution in [0.4, 0.5) is 5.69 Å². The second kappa shape index (κ2) is 7.36. The van der Waals surface area contributed by atoms with Gasteiger partial charge in [-0.3, -0.25) is 4.79 Å². The summed E-state index contributed by atoms with van der Waals surface area (Å²) in [6.45, 7) is 4.65. The van der Waals surface area contributed by atoms with Crippen LogP contribution in [-0.2, 0) is 12.1 Å². The first-order chi connectivity index (χ1) is 14.5. The van der Waals surface area contributed by atoms with Crippen molar-refractivity contribution in [3.05, 3.63) is 63.3 Å². The predicted molar refractivity (Wildman–Crippen MR) is 122 cm³/mol. The van der Waals surface area contributed by atoms with E-state index in [0.717, 1.165) is 59.3 Å². The number of carbonyl (C=O) groups excluding carboxylic acids is 1. The average molecular weight is 442 g/mol. The van der Waals surface area contributed by atoms with Crippen LogP contribution in [0.25, 0.3) is 11.0 Å². The molecule has 2 N–H and O–H groups in total. The molecule has 0 radical (unpaired) electrons. The van der Waals surface area contributed by atoms with Crippen molar-refractivity contribution in [3.63, 3.8) is 0 Å². The minimum atomic E-state index is -0.264. The van der Waals surface area contributed by atoms with Gasteiger partial charge in [0, 0.05) is 24.5 Å². The van der Waals surface area contributed by atoms with E-state index in [4.69, 9.17) is 16.0 Å². The maximum Gasteiger partial charge on any atom is 0.289 e. The highest BCUT2D eigenvalue weighted by atomic mass is 35.5. The number of furan rings is 1. The Kier molecular flexibility index (Phi) is 4.79. The maximum absolute atomic E-state index is 13.1. The molecule has 0 unspecified atom stereocenters. The Morgan fingerprint density at radius 2 is 2.13 bits per heavy atom. The smallest absolute Gasteiger partial charge is 0.289 e. The maximum atomic E-state index is 13.1. The van der Waals surface area contributed by atoms with Crippen LogP contribution < -0.4 is 10.6 Å². The summed E-state index contributed by atoms with van der Waals surface area (Å²) in [4.78, 5) is 14.8. The third kappa shape index (κ3) is 3.19. The van der Waals surface area contributed by atoms with Gasteiger partial charge in [-0.25, -0.2) is 0 Å². The van der Waals surface area contributed by atoms with Gasteiger partial charge in [0.1, 0.15) is 5.58 Å². The van der Waals surface area contributed by atoms with Crippen molar-refractivity contribution < 1.29 is 9.21 Å². The lowest BCUT2D eigenvalue weighted by atomic mass is 9.74. The third-order valence-electron chi connectivity index (χ3n) is 6.17. The summed E-state index contributed by atoms with van der Waals surface area (Å²) in [5.41, 5.74) is 3.45. The fraction of sp³-hybridized carbons (Fsp3) is 0.348. The molecular weight excluding hydrogens is 418 g/mol. The molecule has 3 heterocycles. The summed E-state index contributed by atoms with van der Waals surface area (Å²) in [6, 6.07) is 5.71. The van der Waals surface area contributed by atoms with E-state index in [1.807, 2.05) is 23.6 Å². The zero-order chi connectivity index (χ0) is 20.9. The van der Waals surface area contributed by atoms with Crippen molar-refractivity contribution in [1.29, 1.82) is 0 Å². The molecule has 7 heteroatoms. The highest BCUT2D eigenvalue weighted by molar-refractivity contribution is 7.07. The molecule has 2 aliphatic rings. The molecule has 1 aliphatic heterocycles. The number of nitrogens with zero attached hydrogens (tertiary/aromatic N) is 1. The highest BCUT2D eigenvalue weighted by Gasteiger charge is 2.42. The molecule has 2 aromatic heterocycles. The van der Waals surface area contributed by atoms with Crippen LogP contribution in [0.1, 0.15) is 53.8 Å². The van der Waals surface area contributed by atoms with Crippen LogP contribution in [0, 0.1) is 0 Å². The summed E-state index contributed by atoms with van der Waals surface area (Å²) in [5, 5.41) is 12.4. The first-order valence-corrected chi connectivity index (χ1v) is 11.6. The highest BCUT2D eigenvalue weighted by Crippen LogP contribution is 2.49. The molecule has 156 valence electrons. The average Bonchev–Trinajstić information content (AvgIpc) is 3.37. The van der Waals surface area contributed by atoms with E-state index in [1.54, 1.807) is 23.3 Å². The van der Waals surface area contributed by atoms with Crippen LogP contribution in [0.15, 0.2) is 45.8 Å². The van der Waals surface area contributed by atoms with Gasteiger partial charge in [0.2, 0.25) is 0 Å². The van der Waals surface area contributed by atoms with Gasteiger partial charge in [0.05, 0.1) is 22.1 Å². The van der Waals surface area contributed by atoms with Gasteiger partial charge in [-0.05, 0) is 47.4 Å². The van der Waals surface area contributed by atoms with E-state index < -0.39 is 0 Å². The zero-order valence-electron chi connectivity index (χ0n) is 16.9. The van der Waals surface area contributed by atoms with E-state index in [0.29, 0.717) is 17.3 Å². The molecular formula is C23H24ClN3O2S. The van der Waals surface area contributed by atoms with Gasteiger partial charge in [-0.2, -0.15) is 11.3 Å². The number of fused-ring (bicyclic) bond motifs is 4. The zero-order valence-corrected chi connectivity index (χ0v) is 18.5. The molecule has 5 nitrogen and oxygen atoms in total. The first-order valence-electron chi connectivity index (χ1n) is 10.2. The number of hydrogen-bond acceptors (Lipinski definition) is 5. The van der Waals surface area contributed by atoms with E-state index in [1.165, 1.54) is 6.42 Å². The summed E-state index contributed by atoms with van der Waals surface area (Å²) in [5.74, 6) is 0.952. The number of thiophene rings is 1. The number of rotatable bonds is 3. The van der Waals surface area contributed by atoms with Gasteiger partial charge in [-0.15, -0.1) is 0 Å². The number of nitrogens with one attached hydrogen (secondary N) is 2. The molecule has 1 aromatic carbocycles. The minimum absolute atomic E-state index is 0.138. The number of amides is 1. The standard InChI is InChI=1S/C23H24ClN3O2S/c1-14-25-20-17(24)10-16-11-18(22(28)27(2)12-15-6-9-30-13-15)29-21(16)19(20)23(26-14)7-4-3-5-8-23/h6,9-11,13,25-26H,1,3-5,7-8,12H2,2H3. The quantitative estimate of drug-likeness (QED) is 0.518. The van der Waals surface area contributed by atoms with Crippen LogP contribution in [0.2, 0.25) is 5.02 Å². The Bertz CT molecular complexity index is 1130. The molecule has 30 heavy (non-hydrogen) atoms. The number of anilines is 1. The molecule has 0 atom stereocenters. The van der Waals surface area contributed by atoms with Crippen molar-refractivity contribution in [2.24, 2.45) is 0 Å². The Morgan fingerprint density at radius 1 is 1.33 bits per heavy atom. The molecule has 1 aliphatic carbocycles. The molecule has 1 fully saturated rings. The summed E-state index contributed by atoms with van der Waals surface area (Å²) < 4.78 is 6.23. The molecule has 1 amide bonds. The van der Waals surface area contributed by atoms with Gasteiger partial charge in [0.25, 0.3) is 5.91 Å². The molecule has 1 spiro atoms. The van der Waals surface area contributed by atoms with Crippen LogP contribution in [0.5, 0.6) is 0 Å². The molecule has 0 bridgehead atoms. The first kappa shape index (κ1) is 19.5. The molecule has 5 rings (SSSR count). The van der Waals surface area contributed by atoms with Crippen molar-refractivity contribution in [1.82, 2.24) is 10.2 Å². The predicted octanol–water partition coefficient (Wildman–Crippen LogP) is 6.07. The van der Waals surface area contributed by atoms with Crippen molar-refractivity contribution >= 4 is 45.5 Å². The Balaban J connectivity index is 1.59. The number of benzene rings is 1. The second-order valence-corrected chi connectivity index (χ2v) is 9.49. The Morgan fingerprint density at radius 3 is 2.87 bits per heavy atom. The van der Waals surface area contributed by atoms with E-state index >= 15 is 0 Å². The van der Waals surface area contributed by atoms with Crippen LogP contribution >= 0.6 is 22.9 Å². The minimum Gasteiger partial charge on any atom is -0.450 e. The van der Waals surface area contributed by atoms with Gasteiger partial charge >= 0.3 is 0 Å². The lowest BCUT2D eigenvalue weighted by molar-refractivity contribution is 0.0755. The number of halogens is 1. The molecule has 0 saturated heterocycles. The lowest BCUT2D eigenvalue weighted by Gasteiger charge is -2.44. The van der Waals surface area contributed by atoms with Gasteiger partial charge < -0.3 is 20.0 Å². The molecule has 3 aromatic rings. The Labute approximate surface area is 184 Å². The number of hydrogen-bond donors (Lipinski definition) is 2. The van der Waals surface area contributed by atoms with Crippen molar-refractivity contribution in [2.45, 2.75) is 44.2 Å². The fourth-order valence-corrected chi connectivity index (χ4v) is 5.73. The van der Waals surface area contributed by atoms with Crippen LogP contribution in [0.3, 0.4) is 0 Å². The van der Waals surface area contributed by atoms with Gasteiger partial charge in [0.15, 0.2) is 5.76 Å². The fourth-order valence-electron chi connectivity index (χ4n) is 4.81. The van der Waals surface area contributed by atoms with Gasteiger partial charge in [-0.1, -0.05) is 37.4 Å². The van der Waals surface area contributed by atoms with E-state index in [2.05, 4.69) is 22.6 Å². The molecule has 1 saturated carbocycles. The largest absolute Gasteiger partial charge is 0.450 e. The summed E-state index contributed by atoms with van der Waals surface area (Å²) in [7, 11) is 1.80. The second-order valence-electron chi connectivity index (χ2n) is 8.30. The van der Waals surface area contributed by atoms with Crippen molar-refractivity contribution in [3.8, 4) is 0 Å².